The summed E-state index contributed by atoms with van der Waals surface area (Å²) in [7, 11) is 0. The molecule has 0 saturated carbocycles. The molecule has 1 rings (SSSR count). The van der Waals surface area contributed by atoms with E-state index in [1.807, 2.05) is 0 Å². The van der Waals surface area contributed by atoms with Crippen molar-refractivity contribution in [3.63, 3.8) is 0 Å². The van der Waals surface area contributed by atoms with E-state index in [1.54, 1.807) is 20.8 Å². The number of carboxylic acids is 2. The van der Waals surface area contributed by atoms with E-state index >= 15 is 0 Å². The maximum atomic E-state index is 11.0. The number of aromatic nitrogens is 2. The van der Waals surface area contributed by atoms with E-state index in [2.05, 4.69) is 4.98 Å². The van der Waals surface area contributed by atoms with Crippen molar-refractivity contribution in [3.8, 4) is 0 Å². The zero-order valence-electron chi connectivity index (χ0n) is 9.39. The van der Waals surface area contributed by atoms with Gasteiger partial charge in [-0.05, 0) is 20.8 Å². The molecule has 88 valence electrons. The highest BCUT2D eigenvalue weighted by molar-refractivity contribution is 5.79. The van der Waals surface area contributed by atoms with Crippen LogP contribution in [0.5, 0.6) is 0 Å². The predicted molar refractivity (Wildman–Crippen MR) is 55.4 cm³/mol. The molecule has 1 aromatic rings. The molecule has 6 heteroatoms. The minimum atomic E-state index is -1.16. The third kappa shape index (κ3) is 2.21. The summed E-state index contributed by atoms with van der Waals surface area (Å²) in [5.74, 6) is -1.78. The van der Waals surface area contributed by atoms with Crippen molar-refractivity contribution >= 4 is 11.9 Å². The standard InChI is InChI=1S/C10H14N2O4/c1-5-6(2)12(7(3)11-5)8(10(15)16)4-9(13)14/h8H,4H2,1-3H3,(H,13,14)(H,15,16). The van der Waals surface area contributed by atoms with E-state index in [1.165, 1.54) is 4.57 Å². The minimum absolute atomic E-state index is 0.452. The van der Waals surface area contributed by atoms with Crippen molar-refractivity contribution in [2.24, 2.45) is 0 Å². The van der Waals surface area contributed by atoms with Crippen LogP contribution in [-0.2, 0) is 9.59 Å². The van der Waals surface area contributed by atoms with E-state index in [4.69, 9.17) is 10.2 Å². The number of rotatable bonds is 4. The average molecular weight is 226 g/mol. The van der Waals surface area contributed by atoms with E-state index in [9.17, 15) is 9.59 Å². The smallest absolute Gasteiger partial charge is 0.327 e. The van der Waals surface area contributed by atoms with Gasteiger partial charge in [0.15, 0.2) is 0 Å². The Balaban J connectivity index is 3.20. The molecule has 0 aliphatic rings. The van der Waals surface area contributed by atoms with E-state index in [0.717, 1.165) is 0 Å². The van der Waals surface area contributed by atoms with Gasteiger partial charge in [-0.3, -0.25) is 4.79 Å². The van der Waals surface area contributed by atoms with Gasteiger partial charge >= 0.3 is 11.9 Å². The lowest BCUT2D eigenvalue weighted by Gasteiger charge is -2.15. The summed E-state index contributed by atoms with van der Waals surface area (Å²) in [6.07, 6.45) is -0.452. The lowest BCUT2D eigenvalue weighted by Crippen LogP contribution is -2.24. The van der Waals surface area contributed by atoms with Gasteiger partial charge in [0.2, 0.25) is 0 Å². The lowest BCUT2D eigenvalue weighted by molar-refractivity contribution is -0.147. The Labute approximate surface area is 92.5 Å². The summed E-state index contributed by atoms with van der Waals surface area (Å²) < 4.78 is 1.45. The fourth-order valence-electron chi connectivity index (χ4n) is 1.71. The molecule has 6 nitrogen and oxygen atoms in total. The molecule has 1 aromatic heterocycles. The van der Waals surface area contributed by atoms with Gasteiger partial charge in [0.05, 0.1) is 12.1 Å². The molecule has 16 heavy (non-hydrogen) atoms. The molecule has 2 N–H and O–H groups in total. The lowest BCUT2D eigenvalue weighted by atomic mass is 10.2. The summed E-state index contributed by atoms with van der Waals surface area (Å²) in [4.78, 5) is 25.8. The van der Waals surface area contributed by atoms with Crippen LogP contribution < -0.4 is 0 Å². The van der Waals surface area contributed by atoms with Gasteiger partial charge in [-0.25, -0.2) is 9.78 Å². The first-order valence-electron chi connectivity index (χ1n) is 4.81. The van der Waals surface area contributed by atoms with Crippen molar-refractivity contribution in [2.75, 3.05) is 0 Å². The van der Waals surface area contributed by atoms with Crippen molar-refractivity contribution in [1.29, 1.82) is 0 Å². The number of imidazole rings is 1. The molecular weight excluding hydrogens is 212 g/mol. The fourth-order valence-corrected chi connectivity index (χ4v) is 1.71. The Hall–Kier alpha value is -1.85. The zero-order chi connectivity index (χ0) is 12.5. The maximum absolute atomic E-state index is 11.0. The van der Waals surface area contributed by atoms with E-state index in [-0.39, 0.29) is 0 Å². The molecule has 0 aromatic carbocycles. The summed E-state index contributed by atoms with van der Waals surface area (Å²) in [5.41, 5.74) is 1.40. The third-order valence-electron chi connectivity index (χ3n) is 2.53. The Morgan fingerprint density at radius 1 is 1.31 bits per heavy atom. The number of carboxylic acid groups (broad SMARTS) is 2. The topological polar surface area (TPSA) is 92.4 Å². The molecule has 0 saturated heterocycles. The van der Waals surface area contributed by atoms with Crippen LogP contribution in [0.15, 0.2) is 0 Å². The summed E-state index contributed by atoms with van der Waals surface area (Å²) in [6.45, 7) is 5.16. The van der Waals surface area contributed by atoms with Crippen LogP contribution >= 0.6 is 0 Å². The highest BCUT2D eigenvalue weighted by Crippen LogP contribution is 2.20. The Kier molecular flexibility index (Phi) is 3.31. The molecule has 0 bridgehead atoms. The highest BCUT2D eigenvalue weighted by Gasteiger charge is 2.26. The number of aryl methyl sites for hydroxylation is 2. The van der Waals surface area contributed by atoms with Crippen LogP contribution in [0.3, 0.4) is 0 Å². The van der Waals surface area contributed by atoms with Crippen molar-refractivity contribution in [3.05, 3.63) is 17.2 Å². The normalized spacial score (nSPS) is 12.4. The largest absolute Gasteiger partial charge is 0.481 e. The Morgan fingerprint density at radius 2 is 1.88 bits per heavy atom. The molecule has 0 fully saturated rings. The Bertz CT molecular complexity index is 436. The average Bonchev–Trinajstić information content (AvgIpc) is 2.38. The quantitative estimate of drug-likeness (QED) is 0.796. The van der Waals surface area contributed by atoms with E-state index in [0.29, 0.717) is 17.2 Å². The first-order chi connectivity index (χ1) is 7.34. The second kappa shape index (κ2) is 4.34. The highest BCUT2D eigenvalue weighted by atomic mass is 16.4. The predicted octanol–water partition coefficient (Wildman–Crippen LogP) is 0.909. The molecule has 0 aliphatic heterocycles. The number of carbonyl (C=O) groups is 2. The van der Waals surface area contributed by atoms with Gasteiger partial charge in [-0.15, -0.1) is 0 Å². The number of nitrogens with zero attached hydrogens (tertiary/aromatic N) is 2. The number of aliphatic carboxylic acids is 2. The maximum Gasteiger partial charge on any atom is 0.327 e. The first kappa shape index (κ1) is 12.2. The third-order valence-corrected chi connectivity index (χ3v) is 2.53. The van der Waals surface area contributed by atoms with E-state index < -0.39 is 24.4 Å². The van der Waals surface area contributed by atoms with Crippen molar-refractivity contribution in [1.82, 2.24) is 9.55 Å². The van der Waals surface area contributed by atoms with Crippen LogP contribution in [0.2, 0.25) is 0 Å². The molecule has 1 unspecified atom stereocenters. The SMILES string of the molecule is Cc1nc(C)n(C(CC(=O)O)C(=O)O)c1C. The van der Waals surface area contributed by atoms with Gasteiger partial charge in [0, 0.05) is 5.69 Å². The van der Waals surface area contributed by atoms with Gasteiger partial charge < -0.3 is 14.8 Å². The molecular formula is C10H14N2O4. The molecule has 0 amide bonds. The fraction of sp³-hybridized carbons (Fsp3) is 0.500. The second-order valence-electron chi connectivity index (χ2n) is 3.65. The molecule has 1 atom stereocenters. The molecule has 0 aliphatic carbocycles. The second-order valence-corrected chi connectivity index (χ2v) is 3.65. The Morgan fingerprint density at radius 3 is 2.19 bits per heavy atom. The molecule has 1 heterocycles. The monoisotopic (exact) mass is 226 g/mol. The minimum Gasteiger partial charge on any atom is -0.481 e. The summed E-state index contributed by atoms with van der Waals surface area (Å²) >= 11 is 0. The van der Waals surface area contributed by atoms with Crippen LogP contribution in [0.4, 0.5) is 0 Å². The number of hydrogen-bond acceptors (Lipinski definition) is 3. The van der Waals surface area contributed by atoms with Crippen molar-refractivity contribution in [2.45, 2.75) is 33.2 Å². The molecule has 0 spiro atoms. The van der Waals surface area contributed by atoms with Gasteiger partial charge in [-0.1, -0.05) is 0 Å². The first-order valence-corrected chi connectivity index (χ1v) is 4.81. The summed E-state index contributed by atoms with van der Waals surface area (Å²) in [6, 6.07) is -1.10. The number of hydrogen-bond donors (Lipinski definition) is 2. The molecule has 0 radical (unpaired) electrons. The van der Waals surface area contributed by atoms with Gasteiger partial charge in [0.1, 0.15) is 11.9 Å². The van der Waals surface area contributed by atoms with Crippen LogP contribution in [-0.4, -0.2) is 31.7 Å². The van der Waals surface area contributed by atoms with Crippen LogP contribution in [0.25, 0.3) is 0 Å². The zero-order valence-corrected chi connectivity index (χ0v) is 9.39. The van der Waals surface area contributed by atoms with Gasteiger partial charge in [-0.2, -0.15) is 0 Å². The summed E-state index contributed by atoms with van der Waals surface area (Å²) in [5, 5.41) is 17.7. The van der Waals surface area contributed by atoms with Gasteiger partial charge in [0.25, 0.3) is 0 Å². The van der Waals surface area contributed by atoms with Crippen molar-refractivity contribution < 1.29 is 19.8 Å². The van der Waals surface area contributed by atoms with Crippen LogP contribution in [0.1, 0.15) is 29.7 Å². The van der Waals surface area contributed by atoms with Crippen LogP contribution in [0, 0.1) is 20.8 Å².